The van der Waals surface area contributed by atoms with Crippen molar-refractivity contribution < 1.29 is 23.8 Å². The molecule has 7 heteroatoms. The molecule has 1 aromatic heterocycles. The molecule has 2 amide bonds. The molecule has 0 unspecified atom stereocenters. The average molecular weight is 448 g/mol. The number of methoxy groups -OCH3 is 1. The van der Waals surface area contributed by atoms with Gasteiger partial charge in [-0.3, -0.25) is 14.9 Å². The van der Waals surface area contributed by atoms with Crippen LogP contribution in [0.15, 0.2) is 53.0 Å². The number of carbonyl (C=O) groups excluding carboxylic acids is 2. The lowest BCUT2D eigenvalue weighted by atomic mass is 9.93. The second kappa shape index (κ2) is 7.82. The van der Waals surface area contributed by atoms with E-state index in [0.717, 1.165) is 5.56 Å². The number of benzene rings is 3. The van der Waals surface area contributed by atoms with Crippen LogP contribution in [-0.4, -0.2) is 30.6 Å². The number of rotatable bonds is 5. The first-order chi connectivity index (χ1) is 15.5. The normalized spacial score (nSPS) is 13.3. The summed E-state index contributed by atoms with van der Waals surface area (Å²) in [5.74, 6) is -0.354. The van der Waals surface area contributed by atoms with Gasteiger partial charge in [0.2, 0.25) is 0 Å². The van der Waals surface area contributed by atoms with Gasteiger partial charge in [0.25, 0.3) is 11.8 Å². The molecule has 3 aromatic carbocycles. The lowest BCUT2D eigenvalue weighted by Crippen LogP contribution is -2.20. The molecule has 32 heavy (non-hydrogen) atoms. The third-order valence-corrected chi connectivity index (χ3v) is 5.88. The third-order valence-electron chi connectivity index (χ3n) is 5.55. The SMILES string of the molecule is COc1cc2c(cc1C=CCCO)oc1cc(-c3ccccc3Cl)c3c(c12)C(=O)NC3=O. The maximum atomic E-state index is 12.8. The van der Waals surface area contributed by atoms with E-state index < -0.39 is 11.8 Å². The van der Waals surface area contributed by atoms with E-state index in [1.54, 1.807) is 37.4 Å². The first kappa shape index (κ1) is 20.3. The van der Waals surface area contributed by atoms with Crippen LogP contribution in [0.5, 0.6) is 5.75 Å². The van der Waals surface area contributed by atoms with Crippen LogP contribution in [0.1, 0.15) is 32.7 Å². The van der Waals surface area contributed by atoms with Crippen molar-refractivity contribution in [2.45, 2.75) is 6.42 Å². The number of aliphatic hydroxyl groups is 1. The van der Waals surface area contributed by atoms with Gasteiger partial charge in [-0.25, -0.2) is 0 Å². The van der Waals surface area contributed by atoms with E-state index in [0.29, 0.717) is 50.3 Å². The fourth-order valence-electron chi connectivity index (χ4n) is 4.16. The second-order valence-electron chi connectivity index (χ2n) is 7.42. The number of hydrogen-bond acceptors (Lipinski definition) is 5. The average Bonchev–Trinajstić information content (AvgIpc) is 3.28. The van der Waals surface area contributed by atoms with Crippen LogP contribution in [0.25, 0.3) is 39.1 Å². The molecule has 1 aliphatic heterocycles. The molecular formula is C25H18ClNO5. The second-order valence-corrected chi connectivity index (χ2v) is 7.82. The maximum Gasteiger partial charge on any atom is 0.259 e. The zero-order chi connectivity index (χ0) is 22.4. The van der Waals surface area contributed by atoms with Crippen LogP contribution in [-0.2, 0) is 0 Å². The van der Waals surface area contributed by atoms with E-state index in [9.17, 15) is 9.59 Å². The number of halogens is 1. The standard InChI is InChI=1S/C25H18ClNO5/c1-31-18-12-16-19(10-13(18)6-4-5-9-28)32-20-11-15(14-7-2-3-8-17(14)26)22-23(21(16)20)25(30)27-24(22)29/h2-4,6-8,10-12,28H,5,9H2,1H3,(H,27,29,30). The summed E-state index contributed by atoms with van der Waals surface area (Å²) < 4.78 is 11.7. The van der Waals surface area contributed by atoms with Crippen molar-refractivity contribution in [1.82, 2.24) is 5.32 Å². The van der Waals surface area contributed by atoms with Gasteiger partial charge in [-0.15, -0.1) is 0 Å². The highest BCUT2D eigenvalue weighted by molar-refractivity contribution is 6.35. The van der Waals surface area contributed by atoms with Gasteiger partial charge in [0, 0.05) is 39.1 Å². The smallest absolute Gasteiger partial charge is 0.259 e. The topological polar surface area (TPSA) is 88.8 Å². The number of furan rings is 1. The third kappa shape index (κ3) is 3.07. The van der Waals surface area contributed by atoms with Crippen molar-refractivity contribution >= 4 is 51.4 Å². The molecule has 0 radical (unpaired) electrons. The van der Waals surface area contributed by atoms with Crippen LogP contribution < -0.4 is 10.1 Å². The Bertz CT molecular complexity index is 1450. The van der Waals surface area contributed by atoms with Gasteiger partial charge in [-0.1, -0.05) is 42.0 Å². The molecule has 4 aromatic rings. The molecule has 0 fully saturated rings. The van der Waals surface area contributed by atoms with Gasteiger partial charge in [-0.2, -0.15) is 0 Å². The van der Waals surface area contributed by atoms with Crippen molar-refractivity contribution in [2.75, 3.05) is 13.7 Å². The minimum atomic E-state index is -0.475. The Morgan fingerprint density at radius 3 is 2.59 bits per heavy atom. The monoisotopic (exact) mass is 447 g/mol. The molecule has 0 bridgehead atoms. The van der Waals surface area contributed by atoms with Crippen molar-refractivity contribution in [3.8, 4) is 16.9 Å². The summed E-state index contributed by atoms with van der Waals surface area (Å²) in [5.41, 5.74) is 3.53. The van der Waals surface area contributed by atoms with Crippen molar-refractivity contribution in [1.29, 1.82) is 0 Å². The number of fused-ring (bicyclic) bond motifs is 5. The first-order valence-corrected chi connectivity index (χ1v) is 10.4. The highest BCUT2D eigenvalue weighted by atomic mass is 35.5. The molecule has 0 saturated carbocycles. The molecule has 2 heterocycles. The molecule has 0 aliphatic carbocycles. The van der Waals surface area contributed by atoms with Gasteiger partial charge < -0.3 is 14.3 Å². The number of imide groups is 1. The van der Waals surface area contributed by atoms with E-state index in [4.69, 9.17) is 25.9 Å². The van der Waals surface area contributed by atoms with Crippen LogP contribution in [0.4, 0.5) is 0 Å². The Morgan fingerprint density at radius 1 is 1.06 bits per heavy atom. The summed E-state index contributed by atoms with van der Waals surface area (Å²) in [6, 6.07) is 12.5. The lowest BCUT2D eigenvalue weighted by molar-refractivity contribution is 0.0880. The summed E-state index contributed by atoms with van der Waals surface area (Å²) >= 11 is 6.41. The Balaban J connectivity index is 1.85. The fraction of sp³-hybridized carbons (Fsp3) is 0.120. The van der Waals surface area contributed by atoms with Gasteiger partial charge >= 0.3 is 0 Å². The van der Waals surface area contributed by atoms with Gasteiger partial charge in [0.1, 0.15) is 16.9 Å². The number of hydrogen-bond donors (Lipinski definition) is 2. The largest absolute Gasteiger partial charge is 0.496 e. The summed E-state index contributed by atoms with van der Waals surface area (Å²) in [5, 5.41) is 13.1. The Kier molecular flexibility index (Phi) is 4.96. The molecule has 2 N–H and O–H groups in total. The van der Waals surface area contributed by atoms with E-state index in [-0.39, 0.29) is 17.7 Å². The predicted molar refractivity (Wildman–Crippen MR) is 123 cm³/mol. The Labute approximate surface area is 188 Å². The predicted octanol–water partition coefficient (Wildman–Crippen LogP) is 5.19. The molecule has 0 atom stereocenters. The highest BCUT2D eigenvalue weighted by Crippen LogP contribution is 2.43. The first-order valence-electron chi connectivity index (χ1n) is 10.0. The fourth-order valence-corrected chi connectivity index (χ4v) is 4.39. The molecule has 5 rings (SSSR count). The van der Waals surface area contributed by atoms with E-state index >= 15 is 0 Å². The summed E-state index contributed by atoms with van der Waals surface area (Å²) in [4.78, 5) is 25.6. The molecule has 160 valence electrons. The molecule has 0 saturated heterocycles. The Morgan fingerprint density at radius 2 is 1.84 bits per heavy atom. The number of amides is 2. The van der Waals surface area contributed by atoms with Crippen molar-refractivity contribution in [3.05, 3.63) is 70.3 Å². The van der Waals surface area contributed by atoms with Gasteiger partial charge in [-0.05, 0) is 30.7 Å². The quantitative estimate of drug-likeness (QED) is 0.411. The zero-order valence-corrected chi connectivity index (χ0v) is 17.8. The zero-order valence-electron chi connectivity index (χ0n) is 17.1. The molecule has 1 aliphatic rings. The van der Waals surface area contributed by atoms with E-state index in [2.05, 4.69) is 5.32 Å². The number of aliphatic hydroxyl groups excluding tert-OH is 1. The van der Waals surface area contributed by atoms with Gasteiger partial charge in [0.15, 0.2) is 0 Å². The van der Waals surface area contributed by atoms with Crippen molar-refractivity contribution in [3.63, 3.8) is 0 Å². The van der Waals surface area contributed by atoms with Crippen LogP contribution in [0.3, 0.4) is 0 Å². The number of carbonyl (C=O) groups is 2. The summed E-state index contributed by atoms with van der Waals surface area (Å²) in [6.07, 6.45) is 4.20. The van der Waals surface area contributed by atoms with Crippen molar-refractivity contribution in [2.24, 2.45) is 0 Å². The maximum absolute atomic E-state index is 12.8. The van der Waals surface area contributed by atoms with Crippen LogP contribution in [0, 0.1) is 0 Å². The Hall–Kier alpha value is -3.61. The minimum absolute atomic E-state index is 0.0474. The molecule has 0 spiro atoms. The van der Waals surface area contributed by atoms with Crippen LogP contribution in [0.2, 0.25) is 5.02 Å². The molecular weight excluding hydrogens is 430 g/mol. The van der Waals surface area contributed by atoms with Gasteiger partial charge in [0.05, 0.1) is 18.2 Å². The summed E-state index contributed by atoms with van der Waals surface area (Å²) in [7, 11) is 1.56. The summed E-state index contributed by atoms with van der Waals surface area (Å²) in [6.45, 7) is 0.0474. The lowest BCUT2D eigenvalue weighted by Gasteiger charge is -2.09. The van der Waals surface area contributed by atoms with Crippen LogP contribution >= 0.6 is 11.6 Å². The number of nitrogens with one attached hydrogen (secondary N) is 1. The minimum Gasteiger partial charge on any atom is -0.496 e. The van der Waals surface area contributed by atoms with E-state index in [1.807, 2.05) is 24.3 Å². The molecule has 6 nitrogen and oxygen atoms in total. The number of ether oxygens (including phenoxy) is 1. The highest BCUT2D eigenvalue weighted by Gasteiger charge is 2.35. The van der Waals surface area contributed by atoms with E-state index in [1.165, 1.54) is 0 Å².